The molecule has 1 N–H and O–H groups in total. The summed E-state index contributed by atoms with van der Waals surface area (Å²) in [6.45, 7) is 0.611. The monoisotopic (exact) mass is 334 g/mol. The third-order valence-corrected chi connectivity index (χ3v) is 4.50. The molecule has 4 rings (SSSR count). The van der Waals surface area contributed by atoms with E-state index in [0.717, 1.165) is 29.0 Å². The number of nitrogens with one attached hydrogen (secondary N) is 1. The van der Waals surface area contributed by atoms with Crippen LogP contribution >= 0.6 is 0 Å². The highest BCUT2D eigenvalue weighted by molar-refractivity contribution is 5.39. The van der Waals surface area contributed by atoms with E-state index in [1.54, 1.807) is 18.3 Å². The van der Waals surface area contributed by atoms with Gasteiger partial charge in [0.1, 0.15) is 11.6 Å². The maximum absolute atomic E-state index is 13.8. The van der Waals surface area contributed by atoms with Crippen molar-refractivity contribution >= 4 is 0 Å². The van der Waals surface area contributed by atoms with Gasteiger partial charge in [-0.05, 0) is 35.9 Å². The Morgan fingerprint density at radius 2 is 1.88 bits per heavy atom. The van der Waals surface area contributed by atoms with Crippen molar-refractivity contribution in [3.8, 4) is 5.75 Å². The Labute approximate surface area is 146 Å². The first kappa shape index (κ1) is 15.8. The fourth-order valence-corrected chi connectivity index (χ4v) is 3.28. The molecule has 1 aliphatic rings. The van der Waals surface area contributed by atoms with Crippen LogP contribution in [0.2, 0.25) is 0 Å². The largest absolute Gasteiger partial charge is 0.493 e. The summed E-state index contributed by atoms with van der Waals surface area (Å²) in [7, 11) is 0. The molecular formula is C21H19FN2O. The molecule has 3 nitrogen and oxygen atoms in total. The van der Waals surface area contributed by atoms with E-state index in [2.05, 4.69) is 22.4 Å². The van der Waals surface area contributed by atoms with Crippen molar-refractivity contribution in [3.05, 3.63) is 95.6 Å². The summed E-state index contributed by atoms with van der Waals surface area (Å²) >= 11 is 0. The van der Waals surface area contributed by atoms with Gasteiger partial charge in [-0.3, -0.25) is 10.3 Å². The minimum absolute atomic E-state index is 0.00617. The van der Waals surface area contributed by atoms with Gasteiger partial charge in [0.05, 0.1) is 18.3 Å². The van der Waals surface area contributed by atoms with Gasteiger partial charge in [-0.1, -0.05) is 36.4 Å². The first-order valence-corrected chi connectivity index (χ1v) is 8.45. The highest BCUT2D eigenvalue weighted by Gasteiger charge is 2.26. The second-order valence-corrected chi connectivity index (χ2v) is 6.14. The number of nitrogens with zero attached hydrogens (tertiary/aromatic N) is 1. The van der Waals surface area contributed by atoms with Crippen LogP contribution in [0.25, 0.3) is 0 Å². The molecule has 126 valence electrons. The second kappa shape index (κ2) is 7.03. The molecule has 0 spiro atoms. The van der Waals surface area contributed by atoms with Crippen LogP contribution in [0.15, 0.2) is 72.9 Å². The summed E-state index contributed by atoms with van der Waals surface area (Å²) in [4.78, 5) is 4.53. The fraction of sp³-hybridized carbons (Fsp3) is 0.190. The Hall–Kier alpha value is -2.72. The van der Waals surface area contributed by atoms with Crippen molar-refractivity contribution in [2.75, 3.05) is 6.61 Å². The smallest absolute Gasteiger partial charge is 0.124 e. The Kier molecular flexibility index (Phi) is 4.44. The van der Waals surface area contributed by atoms with Crippen molar-refractivity contribution in [1.82, 2.24) is 10.3 Å². The zero-order chi connectivity index (χ0) is 17.1. The van der Waals surface area contributed by atoms with Crippen molar-refractivity contribution in [1.29, 1.82) is 0 Å². The van der Waals surface area contributed by atoms with Crippen LogP contribution in [0.5, 0.6) is 5.75 Å². The minimum atomic E-state index is -0.245. The maximum atomic E-state index is 13.8. The van der Waals surface area contributed by atoms with E-state index in [0.29, 0.717) is 6.61 Å². The molecule has 0 radical (unpaired) electrons. The molecule has 25 heavy (non-hydrogen) atoms. The number of aromatic nitrogens is 1. The van der Waals surface area contributed by atoms with Crippen LogP contribution in [0.3, 0.4) is 0 Å². The first-order valence-electron chi connectivity index (χ1n) is 8.45. The van der Waals surface area contributed by atoms with Crippen molar-refractivity contribution in [2.24, 2.45) is 0 Å². The molecule has 3 aromatic rings. The van der Waals surface area contributed by atoms with Gasteiger partial charge in [-0.2, -0.15) is 0 Å². The van der Waals surface area contributed by atoms with E-state index in [4.69, 9.17) is 4.74 Å². The van der Waals surface area contributed by atoms with Gasteiger partial charge in [0.25, 0.3) is 0 Å². The summed E-state index contributed by atoms with van der Waals surface area (Å²) < 4.78 is 19.4. The van der Waals surface area contributed by atoms with E-state index < -0.39 is 0 Å². The number of halogens is 1. The van der Waals surface area contributed by atoms with Crippen molar-refractivity contribution in [2.45, 2.75) is 18.5 Å². The van der Waals surface area contributed by atoms with E-state index in [1.807, 2.05) is 36.4 Å². The molecule has 2 atom stereocenters. The predicted octanol–water partition coefficient (Wildman–Crippen LogP) is 4.42. The van der Waals surface area contributed by atoms with Crippen LogP contribution in [-0.4, -0.2) is 11.6 Å². The van der Waals surface area contributed by atoms with Crippen LogP contribution in [0.1, 0.15) is 35.3 Å². The summed E-state index contributed by atoms with van der Waals surface area (Å²) in [5.74, 6) is 0.503. The molecule has 1 aliphatic heterocycles. The molecule has 1 aromatic heterocycles. The lowest BCUT2D eigenvalue weighted by molar-refractivity contribution is 0.246. The molecule has 0 saturated carbocycles. The molecule has 0 amide bonds. The lowest BCUT2D eigenvalue weighted by atomic mass is 9.96. The van der Waals surface area contributed by atoms with Crippen molar-refractivity contribution < 1.29 is 9.13 Å². The van der Waals surface area contributed by atoms with E-state index >= 15 is 0 Å². The van der Waals surface area contributed by atoms with Gasteiger partial charge in [0, 0.05) is 24.2 Å². The third kappa shape index (κ3) is 3.39. The zero-order valence-corrected chi connectivity index (χ0v) is 13.7. The Bertz CT molecular complexity index is 800. The highest BCUT2D eigenvalue weighted by atomic mass is 19.1. The van der Waals surface area contributed by atoms with Gasteiger partial charge in [0.15, 0.2) is 0 Å². The predicted molar refractivity (Wildman–Crippen MR) is 94.9 cm³/mol. The Morgan fingerprint density at radius 1 is 1.04 bits per heavy atom. The number of hydrogen-bond acceptors (Lipinski definition) is 3. The Balaban J connectivity index is 1.70. The zero-order valence-electron chi connectivity index (χ0n) is 13.7. The molecule has 0 saturated heterocycles. The maximum Gasteiger partial charge on any atom is 0.124 e. The van der Waals surface area contributed by atoms with E-state index in [9.17, 15) is 4.39 Å². The summed E-state index contributed by atoms with van der Waals surface area (Å²) in [5, 5.41) is 3.66. The van der Waals surface area contributed by atoms with Gasteiger partial charge < -0.3 is 4.74 Å². The van der Waals surface area contributed by atoms with Crippen LogP contribution in [0, 0.1) is 5.82 Å². The average molecular weight is 334 g/mol. The minimum Gasteiger partial charge on any atom is -0.493 e. The van der Waals surface area contributed by atoms with Crippen LogP contribution < -0.4 is 10.1 Å². The quantitative estimate of drug-likeness (QED) is 0.767. The highest BCUT2D eigenvalue weighted by Crippen LogP contribution is 2.35. The molecule has 2 aromatic carbocycles. The number of benzene rings is 2. The lowest BCUT2D eigenvalue weighted by Gasteiger charge is -2.30. The molecular weight excluding hydrogens is 315 g/mol. The SMILES string of the molecule is Fc1ccc2c(c1)[C@H](N[C@@H](c1ccccc1)c1ccccn1)CCO2. The molecule has 0 aliphatic carbocycles. The standard InChI is InChI=1S/C21H19FN2O/c22-16-9-10-20-17(14-16)18(11-13-25-20)24-21(15-6-2-1-3-7-15)19-8-4-5-12-23-19/h1-10,12,14,18,21,24H,11,13H2/t18-,21+/m1/s1. The number of fused-ring (bicyclic) bond motifs is 1. The number of hydrogen-bond donors (Lipinski definition) is 1. The van der Waals surface area contributed by atoms with Gasteiger partial charge in [0.2, 0.25) is 0 Å². The normalized spacial score (nSPS) is 17.4. The lowest BCUT2D eigenvalue weighted by Crippen LogP contribution is -2.31. The number of pyridine rings is 1. The summed E-state index contributed by atoms with van der Waals surface area (Å²) in [6.07, 6.45) is 2.58. The fourth-order valence-electron chi connectivity index (χ4n) is 3.28. The molecule has 4 heteroatoms. The van der Waals surface area contributed by atoms with Crippen LogP contribution in [0.4, 0.5) is 4.39 Å². The van der Waals surface area contributed by atoms with E-state index in [-0.39, 0.29) is 17.9 Å². The summed E-state index contributed by atoms with van der Waals surface area (Å²) in [5.41, 5.74) is 2.94. The average Bonchev–Trinajstić information content (AvgIpc) is 2.67. The molecule has 0 unspecified atom stereocenters. The summed E-state index contributed by atoms with van der Waals surface area (Å²) in [6, 6.07) is 20.7. The van der Waals surface area contributed by atoms with Gasteiger partial charge in [-0.25, -0.2) is 4.39 Å². The first-order chi connectivity index (χ1) is 12.3. The van der Waals surface area contributed by atoms with E-state index in [1.165, 1.54) is 6.07 Å². The molecule has 2 heterocycles. The number of rotatable bonds is 4. The van der Waals surface area contributed by atoms with Crippen molar-refractivity contribution in [3.63, 3.8) is 0 Å². The topological polar surface area (TPSA) is 34.2 Å². The van der Waals surface area contributed by atoms with Crippen LogP contribution in [-0.2, 0) is 0 Å². The van der Waals surface area contributed by atoms with Gasteiger partial charge >= 0.3 is 0 Å². The second-order valence-electron chi connectivity index (χ2n) is 6.14. The Morgan fingerprint density at radius 3 is 2.68 bits per heavy atom. The third-order valence-electron chi connectivity index (χ3n) is 4.50. The molecule has 0 bridgehead atoms. The molecule has 0 fully saturated rings. The number of ether oxygens (including phenoxy) is 1. The van der Waals surface area contributed by atoms with Gasteiger partial charge in [-0.15, -0.1) is 0 Å².